The molecule has 100 valence electrons. The SMILES string of the molecule is C=CCCOCCOc1c(Br)cnc2cnccc12. The molecule has 0 spiro atoms. The van der Waals surface area contributed by atoms with Crippen molar-refractivity contribution in [3.63, 3.8) is 0 Å². The normalized spacial score (nSPS) is 10.6. The van der Waals surface area contributed by atoms with Crippen molar-refractivity contribution in [1.82, 2.24) is 9.97 Å². The molecule has 0 atom stereocenters. The lowest BCUT2D eigenvalue weighted by molar-refractivity contribution is 0.104. The molecule has 0 fully saturated rings. The van der Waals surface area contributed by atoms with Crippen LogP contribution in [0.4, 0.5) is 0 Å². The third kappa shape index (κ3) is 3.75. The third-order valence-corrected chi connectivity index (χ3v) is 3.08. The molecule has 19 heavy (non-hydrogen) atoms. The Bertz CT molecular complexity index is 560. The Morgan fingerprint density at radius 2 is 2.16 bits per heavy atom. The van der Waals surface area contributed by atoms with Crippen molar-refractivity contribution < 1.29 is 9.47 Å². The Labute approximate surface area is 120 Å². The molecule has 0 saturated heterocycles. The van der Waals surface area contributed by atoms with Crippen LogP contribution in [-0.2, 0) is 4.74 Å². The molecule has 2 rings (SSSR count). The molecule has 0 radical (unpaired) electrons. The van der Waals surface area contributed by atoms with Gasteiger partial charge in [-0.3, -0.25) is 9.97 Å². The summed E-state index contributed by atoms with van der Waals surface area (Å²) in [6, 6.07) is 1.89. The zero-order valence-corrected chi connectivity index (χ0v) is 12.1. The maximum atomic E-state index is 5.76. The highest BCUT2D eigenvalue weighted by Gasteiger charge is 2.08. The number of aromatic nitrogens is 2. The monoisotopic (exact) mass is 322 g/mol. The molecule has 0 unspecified atom stereocenters. The standard InChI is InChI=1S/C14H15BrN2O2/c1-2-3-6-18-7-8-19-14-11-4-5-16-10-13(11)17-9-12(14)15/h2,4-5,9-10H,1,3,6-8H2. The molecule has 5 heteroatoms. The summed E-state index contributed by atoms with van der Waals surface area (Å²) in [7, 11) is 0. The quantitative estimate of drug-likeness (QED) is 0.579. The highest BCUT2D eigenvalue weighted by molar-refractivity contribution is 9.10. The van der Waals surface area contributed by atoms with Gasteiger partial charge in [0, 0.05) is 17.8 Å². The molecule has 0 saturated carbocycles. The average molecular weight is 323 g/mol. The summed E-state index contributed by atoms with van der Waals surface area (Å²) >= 11 is 3.45. The van der Waals surface area contributed by atoms with E-state index in [1.165, 1.54) is 0 Å². The Kier molecular flexibility index (Phi) is 5.30. The lowest BCUT2D eigenvalue weighted by Gasteiger charge is -2.10. The van der Waals surface area contributed by atoms with Crippen LogP contribution in [0.5, 0.6) is 5.75 Å². The van der Waals surface area contributed by atoms with Gasteiger partial charge in [0.05, 0.1) is 29.4 Å². The van der Waals surface area contributed by atoms with Crippen LogP contribution in [0, 0.1) is 0 Å². The summed E-state index contributed by atoms with van der Waals surface area (Å²) in [5, 5.41) is 0.940. The van der Waals surface area contributed by atoms with E-state index in [1.54, 1.807) is 18.6 Å². The average Bonchev–Trinajstić information content (AvgIpc) is 2.44. The van der Waals surface area contributed by atoms with Crippen LogP contribution >= 0.6 is 15.9 Å². The lowest BCUT2D eigenvalue weighted by atomic mass is 10.2. The summed E-state index contributed by atoms with van der Waals surface area (Å²) in [6.45, 7) is 5.37. The van der Waals surface area contributed by atoms with Crippen molar-refractivity contribution in [2.24, 2.45) is 0 Å². The van der Waals surface area contributed by atoms with Gasteiger partial charge in [0.15, 0.2) is 0 Å². The largest absolute Gasteiger partial charge is 0.489 e. The van der Waals surface area contributed by atoms with Gasteiger partial charge >= 0.3 is 0 Å². The number of halogens is 1. The van der Waals surface area contributed by atoms with Crippen molar-refractivity contribution in [2.75, 3.05) is 19.8 Å². The molecular weight excluding hydrogens is 308 g/mol. The molecule has 0 bridgehead atoms. The molecule has 0 aromatic carbocycles. The number of rotatable bonds is 7. The second-order valence-electron chi connectivity index (χ2n) is 3.87. The summed E-state index contributed by atoms with van der Waals surface area (Å²) in [5.41, 5.74) is 0.813. The van der Waals surface area contributed by atoms with Gasteiger partial charge in [0.25, 0.3) is 0 Å². The first-order valence-corrected chi connectivity index (χ1v) is 6.82. The summed E-state index contributed by atoms with van der Waals surface area (Å²) in [6.07, 6.45) is 7.85. The van der Waals surface area contributed by atoms with E-state index in [2.05, 4.69) is 32.5 Å². The zero-order valence-electron chi connectivity index (χ0n) is 10.5. The lowest BCUT2D eigenvalue weighted by Crippen LogP contribution is -2.08. The smallest absolute Gasteiger partial charge is 0.144 e. The minimum absolute atomic E-state index is 0.497. The Balaban J connectivity index is 1.99. The molecule has 0 aliphatic rings. The van der Waals surface area contributed by atoms with Gasteiger partial charge in [-0.2, -0.15) is 0 Å². The highest BCUT2D eigenvalue weighted by atomic mass is 79.9. The minimum Gasteiger partial charge on any atom is -0.489 e. The van der Waals surface area contributed by atoms with Gasteiger partial charge < -0.3 is 9.47 Å². The van der Waals surface area contributed by atoms with Crippen LogP contribution < -0.4 is 4.74 Å². The number of fused-ring (bicyclic) bond motifs is 1. The van der Waals surface area contributed by atoms with Crippen molar-refractivity contribution in [3.8, 4) is 5.75 Å². The summed E-state index contributed by atoms with van der Waals surface area (Å²) in [5.74, 6) is 0.778. The van der Waals surface area contributed by atoms with Crippen LogP contribution in [0.2, 0.25) is 0 Å². The highest BCUT2D eigenvalue weighted by Crippen LogP contribution is 2.31. The van der Waals surface area contributed by atoms with Crippen molar-refractivity contribution in [3.05, 3.63) is 41.8 Å². The first-order chi connectivity index (χ1) is 9.33. The van der Waals surface area contributed by atoms with Gasteiger partial charge in [-0.25, -0.2) is 0 Å². The zero-order chi connectivity index (χ0) is 13.5. The number of nitrogens with zero attached hydrogens (tertiary/aromatic N) is 2. The van der Waals surface area contributed by atoms with Gasteiger partial charge in [-0.15, -0.1) is 6.58 Å². The van der Waals surface area contributed by atoms with Crippen molar-refractivity contribution >= 4 is 26.8 Å². The van der Waals surface area contributed by atoms with Gasteiger partial charge in [-0.1, -0.05) is 6.08 Å². The van der Waals surface area contributed by atoms with E-state index in [9.17, 15) is 0 Å². The number of hydrogen-bond donors (Lipinski definition) is 0. The van der Waals surface area contributed by atoms with Crippen molar-refractivity contribution in [1.29, 1.82) is 0 Å². The van der Waals surface area contributed by atoms with E-state index < -0.39 is 0 Å². The van der Waals surface area contributed by atoms with Crippen LogP contribution in [-0.4, -0.2) is 29.8 Å². The van der Waals surface area contributed by atoms with E-state index in [4.69, 9.17) is 9.47 Å². The maximum Gasteiger partial charge on any atom is 0.144 e. The van der Waals surface area contributed by atoms with Crippen molar-refractivity contribution in [2.45, 2.75) is 6.42 Å². The molecular formula is C14H15BrN2O2. The molecule has 0 aliphatic heterocycles. The topological polar surface area (TPSA) is 44.2 Å². The Morgan fingerprint density at radius 3 is 3.00 bits per heavy atom. The molecule has 0 aliphatic carbocycles. The first-order valence-electron chi connectivity index (χ1n) is 6.02. The Hall–Kier alpha value is -1.46. The van der Waals surface area contributed by atoms with Crippen LogP contribution in [0.15, 0.2) is 41.8 Å². The van der Waals surface area contributed by atoms with Crippen LogP contribution in [0.3, 0.4) is 0 Å². The molecule has 4 nitrogen and oxygen atoms in total. The minimum atomic E-state index is 0.497. The summed E-state index contributed by atoms with van der Waals surface area (Å²) < 4.78 is 12.0. The molecule has 2 aromatic rings. The number of hydrogen-bond acceptors (Lipinski definition) is 4. The van der Waals surface area contributed by atoms with E-state index in [-0.39, 0.29) is 0 Å². The van der Waals surface area contributed by atoms with Gasteiger partial charge in [0.1, 0.15) is 12.4 Å². The maximum absolute atomic E-state index is 5.76. The number of pyridine rings is 2. The third-order valence-electron chi connectivity index (χ3n) is 2.52. The predicted molar refractivity (Wildman–Crippen MR) is 78.4 cm³/mol. The number of ether oxygens (including phenoxy) is 2. The summed E-state index contributed by atoms with van der Waals surface area (Å²) in [4.78, 5) is 8.32. The Morgan fingerprint density at radius 1 is 1.26 bits per heavy atom. The fourth-order valence-electron chi connectivity index (χ4n) is 1.61. The van der Waals surface area contributed by atoms with Gasteiger partial charge in [-0.05, 0) is 28.4 Å². The molecule has 0 amide bonds. The van der Waals surface area contributed by atoms with E-state index in [1.807, 2.05) is 12.1 Å². The van der Waals surface area contributed by atoms with Crippen LogP contribution in [0.25, 0.3) is 10.9 Å². The second kappa shape index (κ2) is 7.21. The van der Waals surface area contributed by atoms with E-state index >= 15 is 0 Å². The molecule has 2 aromatic heterocycles. The molecule has 2 heterocycles. The fourth-order valence-corrected chi connectivity index (χ4v) is 2.04. The fraction of sp³-hybridized carbons (Fsp3) is 0.286. The molecule has 0 N–H and O–H groups in total. The second-order valence-corrected chi connectivity index (χ2v) is 4.72. The van der Waals surface area contributed by atoms with E-state index in [0.717, 1.165) is 27.5 Å². The van der Waals surface area contributed by atoms with Gasteiger partial charge in [0.2, 0.25) is 0 Å². The van der Waals surface area contributed by atoms with E-state index in [0.29, 0.717) is 19.8 Å². The predicted octanol–water partition coefficient (Wildman–Crippen LogP) is 3.36. The first kappa shape index (κ1) is 14.0. The van der Waals surface area contributed by atoms with Crippen LogP contribution in [0.1, 0.15) is 6.42 Å².